The van der Waals surface area contributed by atoms with E-state index in [-0.39, 0.29) is 29.6 Å². The van der Waals surface area contributed by atoms with E-state index in [0.717, 1.165) is 16.6 Å². The Kier molecular flexibility index (Phi) is 4.85. The van der Waals surface area contributed by atoms with Crippen LogP contribution in [0, 0.1) is 0 Å². The highest BCUT2D eigenvalue weighted by Crippen LogP contribution is 2.40. The van der Waals surface area contributed by atoms with Gasteiger partial charge in [-0.2, -0.15) is 4.37 Å². The number of carboxylic acid groups (broad SMARTS) is 1. The Balaban J connectivity index is 1.35. The topological polar surface area (TPSA) is 121 Å². The predicted octanol–water partition coefficient (Wildman–Crippen LogP) is 2.03. The lowest BCUT2D eigenvalue weighted by Gasteiger charge is -2.48. The summed E-state index contributed by atoms with van der Waals surface area (Å²) in [6.07, 6.45) is -1.47. The maximum absolute atomic E-state index is 12.4. The van der Waals surface area contributed by atoms with Crippen molar-refractivity contribution in [2.75, 3.05) is 17.6 Å². The second kappa shape index (κ2) is 7.32. The number of aromatic nitrogens is 1. The average molecular weight is 420 g/mol. The lowest BCUT2D eigenvalue weighted by atomic mass is 10.1. The van der Waals surface area contributed by atoms with Crippen LogP contribution in [0.25, 0.3) is 10.9 Å². The van der Waals surface area contributed by atoms with Crippen LogP contribution in [-0.4, -0.2) is 56.1 Å². The molecule has 0 bridgehead atoms. The highest BCUT2D eigenvalue weighted by Gasteiger charge is 2.53. The van der Waals surface area contributed by atoms with Crippen LogP contribution in [0.15, 0.2) is 35.0 Å². The molecule has 3 N–H and O–H groups in total. The summed E-state index contributed by atoms with van der Waals surface area (Å²) in [5, 5.41) is 17.2. The van der Waals surface area contributed by atoms with Crippen LogP contribution in [-0.2, 0) is 14.3 Å². The summed E-state index contributed by atoms with van der Waals surface area (Å²) in [4.78, 5) is 36.8. The van der Waals surface area contributed by atoms with Gasteiger partial charge in [0.05, 0.1) is 12.1 Å². The number of nitrogens with zero attached hydrogens (tertiary/aromatic N) is 2. The number of benzene rings is 1. The second-order valence-electron chi connectivity index (χ2n) is 6.35. The van der Waals surface area contributed by atoms with Crippen LogP contribution < -0.4 is 10.6 Å². The number of rotatable bonds is 5. The van der Waals surface area contributed by atoms with E-state index in [1.54, 1.807) is 6.92 Å². The monoisotopic (exact) mass is 420 g/mol. The minimum absolute atomic E-state index is 0.00413. The maximum Gasteiger partial charge on any atom is 0.512 e. The van der Waals surface area contributed by atoms with Crippen LogP contribution in [0.4, 0.5) is 10.5 Å². The first-order chi connectivity index (χ1) is 13.4. The van der Waals surface area contributed by atoms with Crippen molar-refractivity contribution in [3.63, 3.8) is 0 Å². The van der Waals surface area contributed by atoms with E-state index in [1.165, 1.54) is 28.2 Å². The van der Waals surface area contributed by atoms with Gasteiger partial charge in [-0.05, 0) is 42.2 Å². The molecule has 2 aromatic rings. The molecule has 4 rings (SSSR count). The quantitative estimate of drug-likeness (QED) is 0.496. The Hall–Kier alpha value is -2.79. The zero-order valence-electron chi connectivity index (χ0n) is 14.7. The first kappa shape index (κ1) is 18.6. The molecular weight excluding hydrogens is 404 g/mol. The predicted molar refractivity (Wildman–Crippen MR) is 105 cm³/mol. The number of carbonyl (C=O) groups is 3. The van der Waals surface area contributed by atoms with Crippen molar-refractivity contribution >= 4 is 57.9 Å². The fourth-order valence-electron chi connectivity index (χ4n) is 3.06. The van der Waals surface area contributed by atoms with E-state index in [9.17, 15) is 14.4 Å². The Morgan fingerprint density at radius 3 is 3.04 bits per heavy atom. The first-order valence-corrected chi connectivity index (χ1v) is 10.2. The summed E-state index contributed by atoms with van der Waals surface area (Å²) < 4.78 is 9.01. The maximum atomic E-state index is 12.4. The van der Waals surface area contributed by atoms with Gasteiger partial charge in [0.15, 0.2) is 0 Å². The third-order valence-corrected chi connectivity index (χ3v) is 6.50. The highest BCUT2D eigenvalue weighted by atomic mass is 32.2. The minimum Gasteiger partial charge on any atom is -0.449 e. The molecule has 0 radical (unpaired) electrons. The number of nitrogens with one attached hydrogen (secondary N) is 2. The molecule has 2 amide bonds. The summed E-state index contributed by atoms with van der Waals surface area (Å²) in [5.74, 6) is -0.148. The smallest absolute Gasteiger partial charge is 0.449 e. The van der Waals surface area contributed by atoms with Crippen molar-refractivity contribution in [3.05, 3.63) is 35.0 Å². The number of ether oxygens (including phenoxy) is 1. The molecule has 1 aromatic heterocycles. The molecule has 3 heterocycles. The molecule has 146 valence electrons. The van der Waals surface area contributed by atoms with Gasteiger partial charge < -0.3 is 20.5 Å². The van der Waals surface area contributed by atoms with Crippen molar-refractivity contribution in [3.8, 4) is 0 Å². The van der Waals surface area contributed by atoms with E-state index in [2.05, 4.69) is 15.0 Å². The number of thioether (sulfide) groups is 1. The lowest BCUT2D eigenvalue weighted by Crippen LogP contribution is -2.70. The van der Waals surface area contributed by atoms with Gasteiger partial charge in [-0.15, -0.1) is 11.8 Å². The van der Waals surface area contributed by atoms with Crippen LogP contribution in [0.1, 0.15) is 6.92 Å². The third-order valence-electron chi connectivity index (χ3n) is 4.41. The second-order valence-corrected chi connectivity index (χ2v) is 8.08. The Morgan fingerprint density at radius 2 is 2.25 bits per heavy atom. The van der Waals surface area contributed by atoms with Crippen LogP contribution in [0.2, 0.25) is 0 Å². The number of β-lactam (4-membered cyclic amide) rings is 1. The molecule has 11 heteroatoms. The fourth-order valence-corrected chi connectivity index (χ4v) is 4.97. The molecule has 2 aliphatic rings. The van der Waals surface area contributed by atoms with Gasteiger partial charge in [-0.3, -0.25) is 14.5 Å². The number of hydrogen-bond acceptors (Lipinski definition) is 8. The van der Waals surface area contributed by atoms with Gasteiger partial charge in [-0.1, -0.05) is 0 Å². The van der Waals surface area contributed by atoms with Crippen molar-refractivity contribution < 1.29 is 24.2 Å². The molecule has 0 saturated carbocycles. The highest BCUT2D eigenvalue weighted by molar-refractivity contribution is 8.00. The summed E-state index contributed by atoms with van der Waals surface area (Å²) in [6.45, 7) is 1.72. The summed E-state index contributed by atoms with van der Waals surface area (Å²) >= 11 is 2.82. The standard InChI is InChI=1S/C17H16N4O5S2/c1-8-6-27-16-13(14(23)21(16)15(8)26-17(24)25)19-12(22)5-18-10-3-2-9-7-28-20-11(9)4-10/h2-4,7,13,16,18H,5-6H2,1H3,(H,19,22)(H,24,25)/t13?,16-/m0/s1. The summed E-state index contributed by atoms with van der Waals surface area (Å²) in [7, 11) is 0. The Morgan fingerprint density at radius 1 is 1.43 bits per heavy atom. The van der Waals surface area contributed by atoms with Gasteiger partial charge in [0.2, 0.25) is 11.8 Å². The molecule has 9 nitrogen and oxygen atoms in total. The molecular formula is C17H16N4O5S2. The molecule has 2 atom stereocenters. The molecule has 1 aromatic carbocycles. The molecule has 2 aliphatic heterocycles. The number of carbonyl (C=O) groups excluding carboxylic acids is 2. The zero-order chi connectivity index (χ0) is 19.8. The van der Waals surface area contributed by atoms with E-state index in [0.29, 0.717) is 11.3 Å². The number of anilines is 1. The number of fused-ring (bicyclic) bond motifs is 2. The van der Waals surface area contributed by atoms with Gasteiger partial charge >= 0.3 is 6.16 Å². The largest absolute Gasteiger partial charge is 0.512 e. The minimum atomic E-state index is -1.47. The summed E-state index contributed by atoms with van der Waals surface area (Å²) in [6, 6.07) is 4.93. The number of hydrogen-bond donors (Lipinski definition) is 3. The molecule has 0 aliphatic carbocycles. The SMILES string of the molecule is CC1=C(OC(=O)O)N2C(=O)C(NC(=O)CNc3ccc4csnc4c3)[C@@H]2SC1. The average Bonchev–Trinajstić information content (AvgIpc) is 3.13. The van der Waals surface area contributed by atoms with Gasteiger partial charge in [0.1, 0.15) is 11.4 Å². The Bertz CT molecular complexity index is 1000. The van der Waals surface area contributed by atoms with Gasteiger partial charge in [0, 0.05) is 22.2 Å². The fraction of sp³-hybridized carbons (Fsp3) is 0.294. The van der Waals surface area contributed by atoms with Gasteiger partial charge in [-0.25, -0.2) is 4.79 Å². The molecule has 1 saturated heterocycles. The lowest BCUT2D eigenvalue weighted by molar-refractivity contribution is -0.148. The van der Waals surface area contributed by atoms with E-state index in [1.807, 2.05) is 23.6 Å². The molecule has 0 spiro atoms. The Labute approximate surface area is 167 Å². The van der Waals surface area contributed by atoms with E-state index >= 15 is 0 Å². The van der Waals surface area contributed by atoms with Crippen molar-refractivity contribution in [1.29, 1.82) is 0 Å². The molecule has 1 unspecified atom stereocenters. The zero-order valence-corrected chi connectivity index (χ0v) is 16.3. The van der Waals surface area contributed by atoms with Crippen molar-refractivity contribution in [1.82, 2.24) is 14.6 Å². The van der Waals surface area contributed by atoms with Crippen molar-refractivity contribution in [2.24, 2.45) is 0 Å². The van der Waals surface area contributed by atoms with E-state index in [4.69, 9.17) is 9.84 Å². The van der Waals surface area contributed by atoms with Crippen LogP contribution >= 0.6 is 23.3 Å². The molecule has 28 heavy (non-hydrogen) atoms. The molecule has 1 fully saturated rings. The van der Waals surface area contributed by atoms with Crippen LogP contribution in [0.5, 0.6) is 0 Å². The number of amides is 2. The first-order valence-electron chi connectivity index (χ1n) is 8.36. The van der Waals surface area contributed by atoms with Crippen molar-refractivity contribution in [2.45, 2.75) is 18.3 Å². The summed E-state index contributed by atoms with van der Waals surface area (Å²) in [5.41, 5.74) is 2.28. The van der Waals surface area contributed by atoms with Crippen LogP contribution in [0.3, 0.4) is 0 Å². The van der Waals surface area contributed by atoms with E-state index < -0.39 is 12.2 Å². The normalized spacial score (nSPS) is 21.2. The van der Waals surface area contributed by atoms with Gasteiger partial charge in [0.25, 0.3) is 5.91 Å². The third kappa shape index (κ3) is 3.38.